The first kappa shape index (κ1) is 15.2. The molecule has 2 rings (SSSR count). The van der Waals surface area contributed by atoms with Crippen molar-refractivity contribution in [1.29, 1.82) is 15.8 Å². The SMILES string of the molecule is N#CCSc1[nH+]c(N)c(C#N)c(C2CCCCC2)c1C#N. The number of aromatic amines is 1. The third-order valence-corrected chi connectivity index (χ3v) is 4.67. The number of nitrogens with two attached hydrogens (primary N) is 1. The largest absolute Gasteiger partial charge is 0.289 e. The average molecular weight is 298 g/mol. The number of pyridine rings is 1. The molecule has 1 aromatic rings. The van der Waals surface area contributed by atoms with Gasteiger partial charge in [-0.25, -0.2) is 4.98 Å². The van der Waals surface area contributed by atoms with Gasteiger partial charge in [-0.05, 0) is 18.8 Å². The van der Waals surface area contributed by atoms with E-state index in [4.69, 9.17) is 11.0 Å². The zero-order chi connectivity index (χ0) is 15.2. The first-order valence-corrected chi connectivity index (χ1v) is 7.90. The molecule has 0 aromatic carbocycles. The van der Waals surface area contributed by atoms with E-state index in [2.05, 4.69) is 17.1 Å². The van der Waals surface area contributed by atoms with E-state index in [0.717, 1.165) is 31.2 Å². The van der Waals surface area contributed by atoms with Crippen molar-refractivity contribution in [3.05, 3.63) is 16.7 Å². The fourth-order valence-electron chi connectivity index (χ4n) is 2.88. The van der Waals surface area contributed by atoms with Crippen molar-refractivity contribution in [3.8, 4) is 18.2 Å². The Balaban J connectivity index is 2.58. The number of anilines is 1. The minimum Gasteiger partial charge on any atom is -0.286 e. The van der Waals surface area contributed by atoms with E-state index in [-0.39, 0.29) is 17.5 Å². The molecule has 5 nitrogen and oxygen atoms in total. The number of nitrogens with zero attached hydrogens (tertiary/aromatic N) is 3. The Labute approximate surface area is 128 Å². The smallest absolute Gasteiger partial charge is 0.286 e. The number of nitrogen functional groups attached to an aromatic ring is 1. The molecule has 0 unspecified atom stereocenters. The van der Waals surface area contributed by atoms with E-state index < -0.39 is 0 Å². The molecule has 21 heavy (non-hydrogen) atoms. The van der Waals surface area contributed by atoms with Crippen molar-refractivity contribution < 1.29 is 4.98 Å². The Morgan fingerprint density at radius 1 is 1.10 bits per heavy atom. The van der Waals surface area contributed by atoms with Crippen LogP contribution in [0.3, 0.4) is 0 Å². The molecule has 0 saturated heterocycles. The lowest BCUT2D eigenvalue weighted by Gasteiger charge is -2.23. The number of hydrogen-bond acceptors (Lipinski definition) is 5. The molecular weight excluding hydrogens is 282 g/mol. The van der Waals surface area contributed by atoms with Crippen LogP contribution in [0.4, 0.5) is 5.82 Å². The lowest BCUT2D eigenvalue weighted by Crippen LogP contribution is -2.22. The van der Waals surface area contributed by atoms with Crippen molar-refractivity contribution in [2.45, 2.75) is 43.0 Å². The first-order valence-electron chi connectivity index (χ1n) is 6.91. The number of nitriles is 3. The van der Waals surface area contributed by atoms with Gasteiger partial charge in [0.05, 0.1) is 11.8 Å². The lowest BCUT2D eigenvalue weighted by molar-refractivity contribution is -0.410. The molecule has 0 atom stereocenters. The van der Waals surface area contributed by atoms with Crippen LogP contribution < -0.4 is 10.7 Å². The summed E-state index contributed by atoms with van der Waals surface area (Å²) in [7, 11) is 0. The Hall–Kier alpha value is -2.23. The maximum absolute atomic E-state index is 9.52. The van der Waals surface area contributed by atoms with Crippen LogP contribution in [-0.2, 0) is 0 Å². The monoisotopic (exact) mass is 298 g/mol. The van der Waals surface area contributed by atoms with Crippen LogP contribution in [0.5, 0.6) is 0 Å². The van der Waals surface area contributed by atoms with Gasteiger partial charge in [-0.1, -0.05) is 31.0 Å². The van der Waals surface area contributed by atoms with Gasteiger partial charge in [0.25, 0.3) is 5.82 Å². The molecular formula is C15H16N5S+. The number of aromatic nitrogens is 1. The molecule has 0 amide bonds. The summed E-state index contributed by atoms with van der Waals surface area (Å²) in [5.41, 5.74) is 7.59. The Bertz CT molecular complexity index is 657. The van der Waals surface area contributed by atoms with Crippen molar-refractivity contribution in [1.82, 2.24) is 0 Å². The molecule has 1 aromatic heterocycles. The summed E-state index contributed by atoms with van der Waals surface area (Å²) in [6, 6.07) is 6.38. The second-order valence-corrected chi connectivity index (χ2v) is 6.02. The van der Waals surface area contributed by atoms with Gasteiger partial charge < -0.3 is 0 Å². The van der Waals surface area contributed by atoms with Gasteiger partial charge in [0.15, 0.2) is 5.03 Å². The number of thioether (sulfide) groups is 1. The van der Waals surface area contributed by atoms with Crippen LogP contribution in [0.1, 0.15) is 54.7 Å². The maximum atomic E-state index is 9.52. The van der Waals surface area contributed by atoms with Gasteiger partial charge in [-0.2, -0.15) is 15.8 Å². The summed E-state index contributed by atoms with van der Waals surface area (Å²) in [6.45, 7) is 0. The predicted molar refractivity (Wildman–Crippen MR) is 79.0 cm³/mol. The van der Waals surface area contributed by atoms with Crippen molar-refractivity contribution in [2.75, 3.05) is 11.5 Å². The van der Waals surface area contributed by atoms with Crippen molar-refractivity contribution >= 4 is 17.6 Å². The highest BCUT2D eigenvalue weighted by Gasteiger charge is 2.29. The summed E-state index contributed by atoms with van der Waals surface area (Å²) in [5.74, 6) is 0.736. The van der Waals surface area contributed by atoms with Gasteiger partial charge in [-0.15, -0.1) is 0 Å². The van der Waals surface area contributed by atoms with E-state index in [1.807, 2.05) is 6.07 Å². The van der Waals surface area contributed by atoms with Crippen molar-refractivity contribution in [2.24, 2.45) is 0 Å². The number of H-pyrrole nitrogens is 1. The normalized spacial score (nSPS) is 14.9. The Morgan fingerprint density at radius 2 is 1.76 bits per heavy atom. The van der Waals surface area contributed by atoms with Gasteiger partial charge in [0.1, 0.15) is 23.3 Å². The summed E-state index contributed by atoms with van der Waals surface area (Å²) in [4.78, 5) is 2.91. The molecule has 3 N–H and O–H groups in total. The van der Waals surface area contributed by atoms with Crippen LogP contribution in [0, 0.1) is 34.0 Å². The zero-order valence-electron chi connectivity index (χ0n) is 11.6. The highest BCUT2D eigenvalue weighted by molar-refractivity contribution is 7.99. The molecule has 0 bridgehead atoms. The third kappa shape index (κ3) is 3.10. The predicted octanol–water partition coefficient (Wildman–Crippen LogP) is 2.49. The van der Waals surface area contributed by atoms with E-state index in [1.54, 1.807) is 0 Å². The Morgan fingerprint density at radius 3 is 2.33 bits per heavy atom. The van der Waals surface area contributed by atoms with Gasteiger partial charge >= 0.3 is 0 Å². The molecule has 1 fully saturated rings. The van der Waals surface area contributed by atoms with E-state index >= 15 is 0 Å². The molecule has 0 aliphatic heterocycles. The topological polar surface area (TPSA) is 112 Å². The summed E-state index contributed by atoms with van der Waals surface area (Å²) < 4.78 is 0. The molecule has 1 aliphatic rings. The third-order valence-electron chi connectivity index (χ3n) is 3.80. The van der Waals surface area contributed by atoms with Crippen LogP contribution in [0.2, 0.25) is 0 Å². The minimum absolute atomic E-state index is 0.210. The second kappa shape index (κ2) is 6.97. The molecule has 1 aliphatic carbocycles. The molecule has 0 spiro atoms. The maximum Gasteiger partial charge on any atom is 0.289 e. The minimum atomic E-state index is 0.210. The molecule has 106 valence electrons. The fourth-order valence-corrected chi connectivity index (χ4v) is 3.57. The van der Waals surface area contributed by atoms with Gasteiger partial charge in [0.2, 0.25) is 0 Å². The first-order chi connectivity index (χ1) is 10.2. The van der Waals surface area contributed by atoms with E-state index in [9.17, 15) is 10.5 Å². The number of rotatable bonds is 3. The quantitative estimate of drug-likeness (QED) is 0.861. The highest BCUT2D eigenvalue weighted by atomic mass is 32.2. The van der Waals surface area contributed by atoms with Crippen LogP contribution in [0.25, 0.3) is 0 Å². The fraction of sp³-hybridized carbons (Fsp3) is 0.467. The number of nitrogens with one attached hydrogen (secondary N) is 1. The van der Waals surface area contributed by atoms with E-state index in [0.29, 0.717) is 16.2 Å². The summed E-state index contributed by atoms with van der Waals surface area (Å²) in [6.07, 6.45) is 5.38. The van der Waals surface area contributed by atoms with Crippen molar-refractivity contribution in [3.63, 3.8) is 0 Å². The molecule has 0 radical (unpaired) electrons. The van der Waals surface area contributed by atoms with Crippen LogP contribution in [0.15, 0.2) is 5.03 Å². The molecule has 1 heterocycles. The van der Waals surface area contributed by atoms with Crippen LogP contribution in [-0.4, -0.2) is 5.75 Å². The van der Waals surface area contributed by atoms with Crippen LogP contribution >= 0.6 is 11.8 Å². The number of hydrogen-bond donors (Lipinski definition) is 1. The molecule has 1 saturated carbocycles. The second-order valence-electron chi connectivity index (χ2n) is 5.04. The molecule has 6 heteroatoms. The Kier molecular flexibility index (Phi) is 5.04. The standard InChI is InChI=1S/C15H15N5S/c16-6-7-21-15-12(9-18)13(10-4-2-1-3-5-10)11(8-17)14(19)20-15/h10H,1-5,7H2,(H2,19,20)/p+1. The average Bonchev–Trinajstić information content (AvgIpc) is 2.52. The van der Waals surface area contributed by atoms with E-state index in [1.165, 1.54) is 18.2 Å². The zero-order valence-corrected chi connectivity index (χ0v) is 12.5. The van der Waals surface area contributed by atoms with Gasteiger partial charge in [-0.3, -0.25) is 5.73 Å². The summed E-state index contributed by atoms with van der Waals surface area (Å²) >= 11 is 1.25. The highest BCUT2D eigenvalue weighted by Crippen LogP contribution is 2.38. The summed E-state index contributed by atoms with van der Waals surface area (Å²) in [5, 5.41) is 28.2. The lowest BCUT2D eigenvalue weighted by atomic mass is 9.80. The van der Waals surface area contributed by atoms with Gasteiger partial charge in [0, 0.05) is 5.56 Å².